The molecule has 0 aliphatic carbocycles. The highest BCUT2D eigenvalue weighted by Gasteiger charge is 2.27. The van der Waals surface area contributed by atoms with Gasteiger partial charge >= 0.3 is 6.03 Å². The summed E-state index contributed by atoms with van der Waals surface area (Å²) in [5.74, 6) is -0.351. The molecular weight excluding hydrogens is 416 g/mol. The van der Waals surface area contributed by atoms with Crippen LogP contribution in [-0.4, -0.2) is 37.8 Å². The number of urea groups is 1. The summed E-state index contributed by atoms with van der Waals surface area (Å²) in [6.45, 7) is 3.08. The van der Waals surface area contributed by atoms with E-state index in [1.807, 2.05) is 0 Å². The molecule has 9 heteroatoms. The number of primary amides is 1. The third-order valence-electron chi connectivity index (χ3n) is 5.31. The van der Waals surface area contributed by atoms with Crippen molar-refractivity contribution < 1.29 is 18.0 Å². The van der Waals surface area contributed by atoms with Crippen molar-refractivity contribution >= 4 is 27.6 Å². The summed E-state index contributed by atoms with van der Waals surface area (Å²) in [6, 6.07) is 11.0. The van der Waals surface area contributed by atoms with Crippen LogP contribution < -0.4 is 16.4 Å². The van der Waals surface area contributed by atoms with Crippen molar-refractivity contribution in [2.45, 2.75) is 44.0 Å². The number of benzene rings is 2. The van der Waals surface area contributed by atoms with E-state index >= 15 is 0 Å². The zero-order chi connectivity index (χ0) is 22.4. The molecule has 1 heterocycles. The first-order valence-corrected chi connectivity index (χ1v) is 11.8. The third-order valence-corrected chi connectivity index (χ3v) is 7.35. The molecule has 3 rings (SSSR count). The van der Waals surface area contributed by atoms with Crippen molar-refractivity contribution in [1.82, 2.24) is 9.62 Å². The van der Waals surface area contributed by atoms with Crippen LogP contribution in [0.3, 0.4) is 0 Å². The molecule has 1 aliphatic heterocycles. The van der Waals surface area contributed by atoms with E-state index in [4.69, 9.17) is 5.73 Å². The van der Waals surface area contributed by atoms with Gasteiger partial charge in [-0.2, -0.15) is 4.31 Å². The van der Waals surface area contributed by atoms with E-state index < -0.39 is 16.1 Å². The Morgan fingerprint density at radius 1 is 1.00 bits per heavy atom. The average Bonchev–Trinajstić information content (AvgIpc) is 3.04. The van der Waals surface area contributed by atoms with Crippen molar-refractivity contribution in [2.75, 3.05) is 18.4 Å². The van der Waals surface area contributed by atoms with Crippen LogP contribution in [0.1, 0.15) is 47.2 Å². The number of sulfonamides is 1. The van der Waals surface area contributed by atoms with Crippen LogP contribution in [0.2, 0.25) is 0 Å². The summed E-state index contributed by atoms with van der Waals surface area (Å²) < 4.78 is 27.9. The number of nitrogens with zero attached hydrogens (tertiary/aromatic N) is 1. The first-order valence-electron chi connectivity index (χ1n) is 10.3. The SMILES string of the molecule is Cc1ccc(NC(=O)c2ccc(CNC(N)=O)cc2)cc1S(=O)(=O)N1CCCCCC1. The van der Waals surface area contributed by atoms with Crippen molar-refractivity contribution in [2.24, 2.45) is 5.73 Å². The van der Waals surface area contributed by atoms with Gasteiger partial charge in [-0.25, -0.2) is 13.2 Å². The molecule has 0 radical (unpaired) electrons. The van der Waals surface area contributed by atoms with Crippen molar-refractivity contribution in [1.29, 1.82) is 0 Å². The first kappa shape index (κ1) is 22.8. The second-order valence-corrected chi connectivity index (χ2v) is 9.57. The Morgan fingerprint density at radius 2 is 1.65 bits per heavy atom. The normalized spacial score (nSPS) is 15.1. The van der Waals surface area contributed by atoms with Gasteiger partial charge in [0, 0.05) is 30.9 Å². The number of hydrogen-bond donors (Lipinski definition) is 3. The van der Waals surface area contributed by atoms with Gasteiger partial charge < -0.3 is 16.4 Å². The Labute approximate surface area is 182 Å². The second-order valence-electron chi connectivity index (χ2n) is 7.67. The van der Waals surface area contributed by atoms with Crippen LogP contribution in [-0.2, 0) is 16.6 Å². The summed E-state index contributed by atoms with van der Waals surface area (Å²) >= 11 is 0. The molecule has 2 aromatic rings. The minimum Gasteiger partial charge on any atom is -0.352 e. The fourth-order valence-electron chi connectivity index (χ4n) is 3.54. The summed E-state index contributed by atoms with van der Waals surface area (Å²) in [7, 11) is -3.62. The molecule has 0 bridgehead atoms. The van der Waals surface area contributed by atoms with Crippen molar-refractivity contribution in [3.8, 4) is 0 Å². The molecule has 4 N–H and O–H groups in total. The maximum Gasteiger partial charge on any atom is 0.312 e. The average molecular weight is 445 g/mol. The Kier molecular flexibility index (Phi) is 7.29. The number of nitrogens with one attached hydrogen (secondary N) is 2. The van der Waals surface area contributed by atoms with Crippen molar-refractivity contribution in [3.05, 3.63) is 59.2 Å². The predicted octanol–water partition coefficient (Wildman–Crippen LogP) is 2.98. The number of carbonyl (C=O) groups excluding carboxylic acids is 2. The van der Waals surface area contributed by atoms with E-state index in [1.165, 1.54) is 6.07 Å². The van der Waals surface area contributed by atoms with Gasteiger partial charge in [0.2, 0.25) is 10.0 Å². The molecule has 8 nitrogen and oxygen atoms in total. The maximum atomic E-state index is 13.2. The first-order chi connectivity index (χ1) is 14.8. The second kappa shape index (κ2) is 9.93. The van der Waals surface area contributed by atoms with Crippen LogP contribution in [0, 0.1) is 6.92 Å². The lowest BCUT2D eigenvalue weighted by Crippen LogP contribution is -2.32. The van der Waals surface area contributed by atoms with Gasteiger partial charge in [-0.15, -0.1) is 0 Å². The van der Waals surface area contributed by atoms with Gasteiger partial charge in [-0.05, 0) is 55.2 Å². The number of hydrogen-bond acceptors (Lipinski definition) is 4. The van der Waals surface area contributed by atoms with E-state index in [1.54, 1.807) is 47.6 Å². The zero-order valence-corrected chi connectivity index (χ0v) is 18.4. The van der Waals surface area contributed by atoms with Crippen LogP contribution in [0.4, 0.5) is 10.5 Å². The third kappa shape index (κ3) is 5.83. The highest BCUT2D eigenvalue weighted by molar-refractivity contribution is 7.89. The summed E-state index contributed by atoms with van der Waals surface area (Å²) in [4.78, 5) is 23.6. The Morgan fingerprint density at radius 3 is 2.26 bits per heavy atom. The van der Waals surface area contributed by atoms with Crippen LogP contribution in [0.15, 0.2) is 47.4 Å². The highest BCUT2D eigenvalue weighted by Crippen LogP contribution is 2.26. The molecule has 166 valence electrons. The molecule has 0 spiro atoms. The minimum absolute atomic E-state index is 0.222. The van der Waals surface area contributed by atoms with Gasteiger partial charge in [0.05, 0.1) is 4.90 Å². The number of nitrogens with two attached hydrogens (primary N) is 1. The Hall–Kier alpha value is -2.91. The monoisotopic (exact) mass is 444 g/mol. The fourth-order valence-corrected chi connectivity index (χ4v) is 5.31. The van der Waals surface area contributed by atoms with Gasteiger partial charge in [-0.3, -0.25) is 4.79 Å². The molecule has 0 unspecified atom stereocenters. The summed E-state index contributed by atoms with van der Waals surface area (Å²) in [5.41, 5.74) is 7.34. The zero-order valence-electron chi connectivity index (χ0n) is 17.6. The Bertz CT molecular complexity index is 1040. The fraction of sp³-hybridized carbons (Fsp3) is 0.364. The molecule has 3 amide bonds. The summed E-state index contributed by atoms with van der Waals surface area (Å²) in [6.07, 6.45) is 3.80. The van der Waals surface area contributed by atoms with Crippen LogP contribution in [0.5, 0.6) is 0 Å². The number of rotatable bonds is 6. The minimum atomic E-state index is -3.62. The number of aryl methyl sites for hydroxylation is 1. The number of amides is 3. The standard InChI is InChI=1S/C22H28N4O4S/c1-16-6-11-19(14-20(16)31(29,30)26-12-4-2-3-5-13-26)25-21(27)18-9-7-17(8-10-18)15-24-22(23)28/h6-11,14H,2-5,12-13,15H2,1H3,(H,25,27)(H3,23,24,28). The lowest BCUT2D eigenvalue weighted by Gasteiger charge is -2.21. The Balaban J connectivity index is 1.75. The van der Waals surface area contributed by atoms with E-state index in [0.29, 0.717) is 29.9 Å². The topological polar surface area (TPSA) is 122 Å². The molecule has 1 saturated heterocycles. The molecular formula is C22H28N4O4S. The smallest absolute Gasteiger partial charge is 0.312 e. The van der Waals surface area contributed by atoms with Gasteiger partial charge in [0.1, 0.15) is 0 Å². The quantitative estimate of drug-likeness (QED) is 0.634. The molecule has 0 aromatic heterocycles. The number of carbonyl (C=O) groups is 2. The molecule has 1 aliphatic rings. The van der Waals surface area contributed by atoms with Crippen LogP contribution >= 0.6 is 0 Å². The van der Waals surface area contributed by atoms with Crippen molar-refractivity contribution in [3.63, 3.8) is 0 Å². The van der Waals surface area contributed by atoms with Gasteiger partial charge in [0.25, 0.3) is 5.91 Å². The lowest BCUT2D eigenvalue weighted by molar-refractivity contribution is 0.102. The lowest BCUT2D eigenvalue weighted by atomic mass is 10.1. The van der Waals surface area contributed by atoms with Gasteiger partial charge in [0.15, 0.2) is 0 Å². The molecule has 1 fully saturated rings. The molecule has 0 atom stereocenters. The van der Waals surface area contributed by atoms with E-state index in [9.17, 15) is 18.0 Å². The highest BCUT2D eigenvalue weighted by atomic mass is 32.2. The maximum absolute atomic E-state index is 13.2. The predicted molar refractivity (Wildman–Crippen MR) is 119 cm³/mol. The van der Waals surface area contributed by atoms with Crippen LogP contribution in [0.25, 0.3) is 0 Å². The van der Waals surface area contributed by atoms with E-state index in [2.05, 4.69) is 10.6 Å². The molecule has 2 aromatic carbocycles. The largest absolute Gasteiger partial charge is 0.352 e. The van der Waals surface area contributed by atoms with Gasteiger partial charge in [-0.1, -0.05) is 31.0 Å². The number of anilines is 1. The molecule has 31 heavy (non-hydrogen) atoms. The summed E-state index contributed by atoms with van der Waals surface area (Å²) in [5, 5.41) is 5.26. The van der Waals surface area contributed by atoms with E-state index in [-0.39, 0.29) is 17.3 Å². The van der Waals surface area contributed by atoms with E-state index in [0.717, 1.165) is 31.2 Å². The molecule has 0 saturated carbocycles.